The van der Waals surface area contributed by atoms with Crippen molar-refractivity contribution in [2.75, 3.05) is 0 Å². The van der Waals surface area contributed by atoms with Gasteiger partial charge in [-0.25, -0.2) is 0 Å². The van der Waals surface area contributed by atoms with Crippen LogP contribution in [0.4, 0.5) is 0 Å². The molecule has 0 saturated carbocycles. The molecule has 0 N–H and O–H groups in total. The maximum absolute atomic E-state index is 12.7. The van der Waals surface area contributed by atoms with E-state index in [9.17, 15) is 9.59 Å². The van der Waals surface area contributed by atoms with Gasteiger partial charge < -0.3 is 4.57 Å². The van der Waals surface area contributed by atoms with Crippen LogP contribution in [0.25, 0.3) is 0 Å². The van der Waals surface area contributed by atoms with Gasteiger partial charge in [0.05, 0.1) is 11.3 Å². The number of nitrogens with zero attached hydrogens (tertiary/aromatic N) is 1. The Bertz CT molecular complexity index is 1050. The summed E-state index contributed by atoms with van der Waals surface area (Å²) in [6.07, 6.45) is 0. The third kappa shape index (κ3) is 2.09. The number of hydrogen-bond donors (Lipinski definition) is 0. The fourth-order valence-electron chi connectivity index (χ4n) is 2.98. The minimum atomic E-state index is -0.129. The van der Waals surface area contributed by atoms with Crippen LogP contribution in [0.2, 0.25) is 0 Å². The van der Waals surface area contributed by atoms with Gasteiger partial charge in [-0.1, -0.05) is 48.4 Å². The molecule has 1 aromatic heterocycles. The SMILES string of the molecule is Cn1c(C#Cc2ccccc2)cc2c1C(=O)c1ccccc1C2=O. The standard InChI is InChI=1S/C21H13NO2/c1-22-15(12-11-14-7-3-2-4-8-14)13-18-19(22)21(24)17-10-6-5-9-16(17)20(18)23/h2-10,13H,1H3. The Morgan fingerprint density at radius 3 is 2.08 bits per heavy atom. The Kier molecular flexibility index (Phi) is 3.18. The molecular formula is C21H13NO2. The predicted octanol–water partition coefficient (Wildman–Crippen LogP) is 3.20. The molecule has 0 saturated heterocycles. The molecule has 1 aliphatic rings. The third-order valence-electron chi connectivity index (χ3n) is 4.22. The summed E-state index contributed by atoms with van der Waals surface area (Å²) in [7, 11) is 1.77. The third-order valence-corrected chi connectivity index (χ3v) is 4.22. The molecule has 24 heavy (non-hydrogen) atoms. The van der Waals surface area contributed by atoms with E-state index in [2.05, 4.69) is 11.8 Å². The van der Waals surface area contributed by atoms with Gasteiger partial charge in [-0.15, -0.1) is 0 Å². The summed E-state index contributed by atoms with van der Waals surface area (Å²) in [4.78, 5) is 25.4. The second-order valence-corrected chi connectivity index (χ2v) is 5.67. The van der Waals surface area contributed by atoms with Crippen LogP contribution in [0.15, 0.2) is 60.7 Å². The maximum atomic E-state index is 12.7. The highest BCUT2D eigenvalue weighted by atomic mass is 16.1. The van der Waals surface area contributed by atoms with Crippen molar-refractivity contribution in [2.24, 2.45) is 7.05 Å². The first kappa shape index (κ1) is 14.2. The highest BCUT2D eigenvalue weighted by molar-refractivity contribution is 6.28. The van der Waals surface area contributed by atoms with Gasteiger partial charge in [0.15, 0.2) is 5.78 Å². The second kappa shape index (κ2) is 5.36. The topological polar surface area (TPSA) is 39.1 Å². The van der Waals surface area contributed by atoms with E-state index in [1.54, 1.807) is 41.9 Å². The molecule has 0 fully saturated rings. The molecule has 0 amide bonds. The van der Waals surface area contributed by atoms with Crippen LogP contribution in [0.3, 0.4) is 0 Å². The predicted molar refractivity (Wildman–Crippen MR) is 91.1 cm³/mol. The molecule has 114 valence electrons. The second-order valence-electron chi connectivity index (χ2n) is 5.67. The quantitative estimate of drug-likeness (QED) is 0.468. The highest BCUT2D eigenvalue weighted by Gasteiger charge is 2.32. The van der Waals surface area contributed by atoms with Crippen LogP contribution in [0.1, 0.15) is 43.2 Å². The Morgan fingerprint density at radius 2 is 1.38 bits per heavy atom. The van der Waals surface area contributed by atoms with Gasteiger partial charge in [-0.2, -0.15) is 0 Å². The molecule has 0 spiro atoms. The molecule has 1 heterocycles. The van der Waals surface area contributed by atoms with Crippen LogP contribution < -0.4 is 0 Å². The van der Waals surface area contributed by atoms with E-state index in [0.717, 1.165) is 5.56 Å². The zero-order valence-electron chi connectivity index (χ0n) is 13.0. The molecule has 0 unspecified atom stereocenters. The van der Waals surface area contributed by atoms with E-state index >= 15 is 0 Å². The molecule has 0 atom stereocenters. The van der Waals surface area contributed by atoms with Gasteiger partial charge >= 0.3 is 0 Å². The summed E-state index contributed by atoms with van der Waals surface area (Å²) in [5.74, 6) is 5.88. The van der Waals surface area contributed by atoms with Crippen molar-refractivity contribution in [3.05, 3.63) is 94.3 Å². The van der Waals surface area contributed by atoms with Crippen molar-refractivity contribution in [3.8, 4) is 11.8 Å². The molecule has 0 bridgehead atoms. The summed E-state index contributed by atoms with van der Waals surface area (Å²) in [6, 6.07) is 18.3. The van der Waals surface area contributed by atoms with Crippen LogP contribution in [0, 0.1) is 11.8 Å². The molecule has 3 aromatic rings. The maximum Gasteiger partial charge on any atom is 0.210 e. The van der Waals surface area contributed by atoms with E-state index in [4.69, 9.17) is 0 Å². The number of aromatic nitrogens is 1. The van der Waals surface area contributed by atoms with Crippen molar-refractivity contribution >= 4 is 11.6 Å². The Morgan fingerprint density at radius 1 is 0.750 bits per heavy atom. The number of carbonyl (C=O) groups excluding carboxylic acids is 2. The van der Waals surface area contributed by atoms with E-state index in [0.29, 0.717) is 28.1 Å². The molecule has 1 aliphatic carbocycles. The molecule has 0 aliphatic heterocycles. The van der Waals surface area contributed by atoms with E-state index < -0.39 is 0 Å². The fraction of sp³-hybridized carbons (Fsp3) is 0.0476. The van der Waals surface area contributed by atoms with Gasteiger partial charge in [0.1, 0.15) is 5.69 Å². The zero-order valence-corrected chi connectivity index (χ0v) is 13.0. The van der Waals surface area contributed by atoms with Crippen LogP contribution >= 0.6 is 0 Å². The van der Waals surface area contributed by atoms with Crippen molar-refractivity contribution in [1.82, 2.24) is 4.57 Å². The number of fused-ring (bicyclic) bond motifs is 2. The molecule has 2 aromatic carbocycles. The van der Waals surface area contributed by atoms with Gasteiger partial charge in [-0.05, 0) is 24.1 Å². The number of rotatable bonds is 0. The number of hydrogen-bond acceptors (Lipinski definition) is 2. The average Bonchev–Trinajstić information content (AvgIpc) is 2.96. The first-order chi connectivity index (χ1) is 11.7. The lowest BCUT2D eigenvalue weighted by Crippen LogP contribution is -2.22. The van der Waals surface area contributed by atoms with Crippen molar-refractivity contribution in [3.63, 3.8) is 0 Å². The summed E-state index contributed by atoms with van der Waals surface area (Å²) >= 11 is 0. The monoisotopic (exact) mass is 311 g/mol. The summed E-state index contributed by atoms with van der Waals surface area (Å²) < 4.78 is 1.71. The smallest absolute Gasteiger partial charge is 0.210 e. The van der Waals surface area contributed by atoms with Crippen molar-refractivity contribution in [1.29, 1.82) is 0 Å². The zero-order chi connectivity index (χ0) is 16.7. The minimum absolute atomic E-state index is 0.122. The fourth-order valence-corrected chi connectivity index (χ4v) is 2.98. The van der Waals surface area contributed by atoms with E-state index in [1.807, 2.05) is 30.3 Å². The summed E-state index contributed by atoms with van der Waals surface area (Å²) in [5.41, 5.74) is 3.30. The summed E-state index contributed by atoms with van der Waals surface area (Å²) in [6.45, 7) is 0. The van der Waals surface area contributed by atoms with Crippen molar-refractivity contribution in [2.45, 2.75) is 0 Å². The normalized spacial score (nSPS) is 12.2. The number of benzene rings is 2. The van der Waals surface area contributed by atoms with Gasteiger partial charge in [-0.3, -0.25) is 9.59 Å². The lowest BCUT2D eigenvalue weighted by molar-refractivity contribution is 0.0974. The lowest BCUT2D eigenvalue weighted by Gasteiger charge is -2.15. The lowest BCUT2D eigenvalue weighted by atomic mass is 9.88. The summed E-state index contributed by atoms with van der Waals surface area (Å²) in [5, 5.41) is 0. The van der Waals surface area contributed by atoms with Gasteiger partial charge in [0.2, 0.25) is 5.78 Å². The number of ketones is 2. The Labute approximate surface area is 139 Å². The molecule has 3 heteroatoms. The first-order valence-electron chi connectivity index (χ1n) is 7.62. The highest BCUT2D eigenvalue weighted by Crippen LogP contribution is 2.28. The number of carbonyl (C=O) groups is 2. The molecule has 0 radical (unpaired) electrons. The van der Waals surface area contributed by atoms with Crippen LogP contribution in [0.5, 0.6) is 0 Å². The van der Waals surface area contributed by atoms with E-state index in [1.165, 1.54) is 0 Å². The van der Waals surface area contributed by atoms with Crippen molar-refractivity contribution < 1.29 is 9.59 Å². The Hall–Kier alpha value is -3.38. The van der Waals surface area contributed by atoms with Crippen LogP contribution in [-0.2, 0) is 7.05 Å². The first-order valence-corrected chi connectivity index (χ1v) is 7.62. The Balaban J connectivity index is 1.84. The van der Waals surface area contributed by atoms with Crippen LogP contribution in [-0.4, -0.2) is 16.1 Å². The molecule has 3 nitrogen and oxygen atoms in total. The largest absolute Gasteiger partial charge is 0.334 e. The molecular weight excluding hydrogens is 298 g/mol. The van der Waals surface area contributed by atoms with Gasteiger partial charge in [0.25, 0.3) is 0 Å². The molecule has 4 rings (SSSR count). The minimum Gasteiger partial charge on any atom is -0.334 e. The average molecular weight is 311 g/mol. The van der Waals surface area contributed by atoms with E-state index in [-0.39, 0.29) is 11.6 Å². The van der Waals surface area contributed by atoms with Gasteiger partial charge in [0, 0.05) is 23.7 Å².